The van der Waals surface area contributed by atoms with Gasteiger partial charge in [0.2, 0.25) is 0 Å². The first-order valence-electron chi connectivity index (χ1n) is 7.77. The molecule has 0 aromatic heterocycles. The first-order valence-corrected chi connectivity index (χ1v) is 8.56. The molecule has 0 amide bonds. The van der Waals surface area contributed by atoms with Gasteiger partial charge in [-0.25, -0.2) is 4.79 Å². The van der Waals surface area contributed by atoms with Crippen molar-refractivity contribution < 1.29 is 20.1 Å². The normalized spacial score (nSPS) is 10.9. The van der Waals surface area contributed by atoms with Gasteiger partial charge in [0.05, 0.1) is 11.4 Å². The number of halogens is 1. The van der Waals surface area contributed by atoms with E-state index in [4.69, 9.17) is 0 Å². The minimum absolute atomic E-state index is 0.0405. The van der Waals surface area contributed by atoms with Crippen LogP contribution in [0.4, 0.5) is 22.7 Å². The molecular weight excluding hydrogens is 414 g/mol. The Morgan fingerprint density at radius 2 is 1.63 bits per heavy atom. The Labute approximate surface area is 162 Å². The van der Waals surface area contributed by atoms with Crippen molar-refractivity contribution in [1.82, 2.24) is 0 Å². The molecule has 8 heteroatoms. The second-order valence-corrected chi connectivity index (χ2v) is 6.40. The third-order valence-electron chi connectivity index (χ3n) is 3.61. The fourth-order valence-electron chi connectivity index (χ4n) is 2.34. The SMILES string of the molecule is O=C(O)c1c(O)c(Nc2ccccc2)cc(O)c1N=Nc1ccc(Br)cc1. The van der Waals surface area contributed by atoms with Gasteiger partial charge in [0.15, 0.2) is 5.75 Å². The Balaban J connectivity index is 2.02. The molecule has 0 atom stereocenters. The van der Waals surface area contributed by atoms with E-state index in [0.29, 0.717) is 11.4 Å². The molecule has 136 valence electrons. The van der Waals surface area contributed by atoms with Crippen LogP contribution in [0.5, 0.6) is 11.5 Å². The number of nitrogens with zero attached hydrogens (tertiary/aromatic N) is 2. The van der Waals surface area contributed by atoms with Crippen LogP contribution < -0.4 is 5.32 Å². The van der Waals surface area contributed by atoms with Crippen LogP contribution in [-0.2, 0) is 0 Å². The molecular formula is C19H14BrN3O4. The van der Waals surface area contributed by atoms with E-state index in [1.807, 2.05) is 6.07 Å². The van der Waals surface area contributed by atoms with Gasteiger partial charge < -0.3 is 20.6 Å². The number of anilines is 2. The third-order valence-corrected chi connectivity index (χ3v) is 4.14. The number of aromatic carboxylic acids is 1. The number of benzene rings is 3. The first-order chi connectivity index (χ1) is 13.0. The zero-order chi connectivity index (χ0) is 19.4. The number of carbonyl (C=O) groups is 1. The van der Waals surface area contributed by atoms with Gasteiger partial charge in [0.1, 0.15) is 17.0 Å². The first kappa shape index (κ1) is 18.4. The van der Waals surface area contributed by atoms with Gasteiger partial charge >= 0.3 is 5.97 Å². The third kappa shape index (κ3) is 4.24. The van der Waals surface area contributed by atoms with Crippen LogP contribution in [0, 0.1) is 0 Å². The summed E-state index contributed by atoms with van der Waals surface area (Å²) in [6.07, 6.45) is 0. The average Bonchev–Trinajstić information content (AvgIpc) is 2.65. The summed E-state index contributed by atoms with van der Waals surface area (Å²) >= 11 is 3.30. The number of aromatic hydroxyl groups is 2. The Kier molecular flexibility index (Phi) is 5.37. The lowest BCUT2D eigenvalue weighted by atomic mass is 10.1. The quantitative estimate of drug-likeness (QED) is 0.236. The molecule has 27 heavy (non-hydrogen) atoms. The van der Waals surface area contributed by atoms with Gasteiger partial charge in [-0.1, -0.05) is 34.1 Å². The molecule has 0 fully saturated rings. The smallest absolute Gasteiger partial charge is 0.342 e. The van der Waals surface area contributed by atoms with Crippen molar-refractivity contribution in [2.24, 2.45) is 10.2 Å². The predicted molar refractivity (Wildman–Crippen MR) is 105 cm³/mol. The summed E-state index contributed by atoms with van der Waals surface area (Å²) in [5.41, 5.74) is 0.238. The van der Waals surface area contributed by atoms with E-state index in [-0.39, 0.29) is 11.4 Å². The highest BCUT2D eigenvalue weighted by Gasteiger charge is 2.23. The minimum atomic E-state index is -1.44. The van der Waals surface area contributed by atoms with Gasteiger partial charge in [0, 0.05) is 16.2 Å². The number of hydrogen-bond donors (Lipinski definition) is 4. The molecule has 3 aromatic rings. The maximum absolute atomic E-state index is 11.6. The van der Waals surface area contributed by atoms with Crippen molar-refractivity contribution in [1.29, 1.82) is 0 Å². The molecule has 3 rings (SSSR count). The number of phenolic OH excluding ortho intramolecular Hbond substituents is 1. The van der Waals surface area contributed by atoms with Gasteiger partial charge in [-0.15, -0.1) is 5.11 Å². The zero-order valence-corrected chi connectivity index (χ0v) is 15.4. The number of para-hydroxylation sites is 1. The molecule has 0 aliphatic heterocycles. The van der Waals surface area contributed by atoms with E-state index < -0.39 is 23.0 Å². The molecule has 0 spiro atoms. The molecule has 0 unspecified atom stereocenters. The van der Waals surface area contributed by atoms with E-state index in [2.05, 4.69) is 31.5 Å². The Bertz CT molecular complexity index is 1010. The number of azo groups is 1. The van der Waals surface area contributed by atoms with Crippen LogP contribution in [0.15, 0.2) is 75.4 Å². The zero-order valence-electron chi connectivity index (χ0n) is 13.8. The van der Waals surface area contributed by atoms with Crippen LogP contribution in [0.2, 0.25) is 0 Å². The topological polar surface area (TPSA) is 115 Å². The molecule has 0 aliphatic carbocycles. The molecule has 0 bridgehead atoms. The van der Waals surface area contributed by atoms with Crippen LogP contribution in [0.1, 0.15) is 10.4 Å². The van der Waals surface area contributed by atoms with E-state index in [1.165, 1.54) is 6.07 Å². The highest BCUT2D eigenvalue weighted by atomic mass is 79.9. The minimum Gasteiger partial charge on any atom is -0.506 e. The molecule has 0 radical (unpaired) electrons. The van der Waals surface area contributed by atoms with Crippen molar-refractivity contribution >= 4 is 44.6 Å². The predicted octanol–water partition coefficient (Wildman–Crippen LogP) is 5.72. The standard InChI is InChI=1S/C19H14BrN3O4/c20-11-6-8-13(9-7-11)22-23-17-15(24)10-14(18(25)16(17)19(26)27)21-12-4-2-1-3-5-12/h1-10,21,24-25H,(H,26,27). The molecule has 4 N–H and O–H groups in total. The highest BCUT2D eigenvalue weighted by molar-refractivity contribution is 9.10. The highest BCUT2D eigenvalue weighted by Crippen LogP contribution is 2.43. The lowest BCUT2D eigenvalue weighted by Gasteiger charge is -2.13. The summed E-state index contributed by atoms with van der Waals surface area (Å²) in [7, 11) is 0. The Hall–Kier alpha value is -3.39. The van der Waals surface area contributed by atoms with Gasteiger partial charge in [-0.05, 0) is 36.4 Å². The molecule has 0 saturated carbocycles. The Morgan fingerprint density at radius 3 is 2.26 bits per heavy atom. The number of phenols is 2. The summed E-state index contributed by atoms with van der Waals surface area (Å²) in [6, 6.07) is 16.9. The van der Waals surface area contributed by atoms with E-state index in [1.54, 1.807) is 48.5 Å². The maximum Gasteiger partial charge on any atom is 0.342 e. The van der Waals surface area contributed by atoms with Crippen molar-refractivity contribution in [2.45, 2.75) is 0 Å². The molecule has 3 aromatic carbocycles. The molecule has 0 aliphatic rings. The van der Waals surface area contributed by atoms with Gasteiger partial charge in [0.25, 0.3) is 0 Å². The molecule has 7 nitrogen and oxygen atoms in total. The van der Waals surface area contributed by atoms with Gasteiger partial charge in [-0.2, -0.15) is 5.11 Å². The fourth-order valence-corrected chi connectivity index (χ4v) is 2.60. The largest absolute Gasteiger partial charge is 0.506 e. The molecule has 0 heterocycles. The number of rotatable bonds is 5. The average molecular weight is 428 g/mol. The van der Waals surface area contributed by atoms with Crippen molar-refractivity contribution in [3.63, 3.8) is 0 Å². The fraction of sp³-hybridized carbons (Fsp3) is 0. The van der Waals surface area contributed by atoms with Crippen molar-refractivity contribution in [3.8, 4) is 11.5 Å². The van der Waals surface area contributed by atoms with Crippen LogP contribution in [0.3, 0.4) is 0 Å². The second kappa shape index (κ2) is 7.88. The summed E-state index contributed by atoms with van der Waals surface area (Å²) in [6.45, 7) is 0. The number of carboxylic acids is 1. The van der Waals surface area contributed by atoms with Crippen molar-refractivity contribution in [3.05, 3.63) is 70.7 Å². The monoisotopic (exact) mass is 427 g/mol. The summed E-state index contributed by atoms with van der Waals surface area (Å²) in [4.78, 5) is 11.6. The molecule has 0 saturated heterocycles. The van der Waals surface area contributed by atoms with E-state index in [0.717, 1.165) is 4.47 Å². The lowest BCUT2D eigenvalue weighted by molar-refractivity contribution is 0.0694. The van der Waals surface area contributed by atoms with E-state index in [9.17, 15) is 20.1 Å². The van der Waals surface area contributed by atoms with Crippen LogP contribution in [-0.4, -0.2) is 21.3 Å². The number of nitrogens with one attached hydrogen (secondary N) is 1. The van der Waals surface area contributed by atoms with Crippen molar-refractivity contribution in [2.75, 3.05) is 5.32 Å². The van der Waals surface area contributed by atoms with Gasteiger partial charge in [-0.3, -0.25) is 0 Å². The summed E-state index contributed by atoms with van der Waals surface area (Å²) < 4.78 is 0.851. The summed E-state index contributed by atoms with van der Waals surface area (Å²) in [5.74, 6) is -2.41. The number of carboxylic acid groups (broad SMARTS) is 1. The Morgan fingerprint density at radius 1 is 0.963 bits per heavy atom. The summed E-state index contributed by atoms with van der Waals surface area (Å²) in [5, 5.41) is 40.8. The maximum atomic E-state index is 11.6. The number of hydrogen-bond acceptors (Lipinski definition) is 6. The van der Waals surface area contributed by atoms with Crippen LogP contribution in [0.25, 0.3) is 0 Å². The van der Waals surface area contributed by atoms with Crippen LogP contribution >= 0.6 is 15.9 Å². The van der Waals surface area contributed by atoms with E-state index >= 15 is 0 Å². The lowest BCUT2D eigenvalue weighted by Crippen LogP contribution is -2.01. The second-order valence-electron chi connectivity index (χ2n) is 5.49.